The summed E-state index contributed by atoms with van der Waals surface area (Å²) in [4.78, 5) is 25.2. The Morgan fingerprint density at radius 3 is 1.84 bits per heavy atom. The molecule has 7 heteroatoms. The molecule has 38 heavy (non-hydrogen) atoms. The third-order valence-electron chi connectivity index (χ3n) is 5.72. The van der Waals surface area contributed by atoms with E-state index in [2.05, 4.69) is 10.5 Å². The maximum Gasteiger partial charge on any atom is 0.336 e. The quantitative estimate of drug-likeness (QED) is 0.113. The van der Waals surface area contributed by atoms with Crippen LogP contribution >= 0.6 is 0 Å². The molecule has 7 nitrogen and oxygen atoms in total. The minimum atomic E-state index is -1.92. The number of carbonyl (C=O) groups excluding carboxylic acids is 2. The number of carbonyl (C=O) groups is 2. The van der Waals surface area contributed by atoms with Crippen molar-refractivity contribution in [1.82, 2.24) is 5.43 Å². The third kappa shape index (κ3) is 6.40. The van der Waals surface area contributed by atoms with Crippen LogP contribution in [-0.2, 0) is 15.2 Å². The van der Waals surface area contributed by atoms with Crippen molar-refractivity contribution in [1.29, 1.82) is 0 Å². The van der Waals surface area contributed by atoms with E-state index >= 15 is 0 Å². The lowest BCUT2D eigenvalue weighted by molar-refractivity contribution is -0.136. The number of benzene rings is 4. The van der Waals surface area contributed by atoms with Gasteiger partial charge in [0.15, 0.2) is 5.60 Å². The van der Waals surface area contributed by atoms with Gasteiger partial charge in [0, 0.05) is 6.08 Å². The molecule has 1 amide bonds. The van der Waals surface area contributed by atoms with Gasteiger partial charge in [-0.15, -0.1) is 0 Å². The zero-order valence-electron chi connectivity index (χ0n) is 20.7. The Hall–Kier alpha value is -5.01. The van der Waals surface area contributed by atoms with Crippen LogP contribution in [0.2, 0.25) is 0 Å². The van der Waals surface area contributed by atoms with Crippen LogP contribution in [-0.4, -0.2) is 30.3 Å². The van der Waals surface area contributed by atoms with Crippen LogP contribution in [0, 0.1) is 0 Å². The molecule has 0 radical (unpaired) electrons. The van der Waals surface area contributed by atoms with Crippen LogP contribution < -0.4 is 14.9 Å². The Morgan fingerprint density at radius 1 is 0.763 bits per heavy atom. The summed E-state index contributed by atoms with van der Waals surface area (Å²) in [6.45, 7) is 0. The number of ether oxygens (including phenoxy) is 2. The first-order chi connectivity index (χ1) is 18.5. The molecule has 4 aromatic carbocycles. The average Bonchev–Trinajstić information content (AvgIpc) is 2.97. The van der Waals surface area contributed by atoms with Crippen molar-refractivity contribution in [2.75, 3.05) is 7.11 Å². The summed E-state index contributed by atoms with van der Waals surface area (Å²) < 4.78 is 10.4. The van der Waals surface area contributed by atoms with Crippen molar-refractivity contribution < 1.29 is 24.2 Å². The Kier molecular flexibility index (Phi) is 8.43. The third-order valence-corrected chi connectivity index (χ3v) is 5.72. The molecule has 0 aliphatic rings. The molecule has 4 aromatic rings. The van der Waals surface area contributed by atoms with Crippen molar-refractivity contribution in [3.63, 3.8) is 0 Å². The van der Waals surface area contributed by atoms with Gasteiger partial charge in [-0.3, -0.25) is 4.79 Å². The topological polar surface area (TPSA) is 97.2 Å². The molecular formula is C31H26N2O5. The summed E-state index contributed by atoms with van der Waals surface area (Å²) >= 11 is 0. The molecule has 0 atom stereocenters. The molecule has 0 saturated heterocycles. The largest absolute Gasteiger partial charge is 0.497 e. The zero-order valence-corrected chi connectivity index (χ0v) is 20.7. The molecule has 0 aliphatic heterocycles. The summed E-state index contributed by atoms with van der Waals surface area (Å²) in [5, 5.41) is 15.4. The van der Waals surface area contributed by atoms with Gasteiger partial charge in [0.25, 0.3) is 5.91 Å². The van der Waals surface area contributed by atoms with Gasteiger partial charge in [-0.1, -0.05) is 72.8 Å². The van der Waals surface area contributed by atoms with E-state index < -0.39 is 17.5 Å². The molecule has 0 aliphatic carbocycles. The number of nitrogens with zero attached hydrogens (tertiary/aromatic N) is 1. The summed E-state index contributed by atoms with van der Waals surface area (Å²) in [6.07, 6.45) is 4.42. The predicted octanol–water partition coefficient (Wildman–Crippen LogP) is 4.70. The Labute approximate surface area is 220 Å². The molecule has 0 fully saturated rings. The molecular weight excluding hydrogens is 480 g/mol. The highest BCUT2D eigenvalue weighted by Gasteiger charge is 2.39. The van der Waals surface area contributed by atoms with Gasteiger partial charge >= 0.3 is 5.97 Å². The second-order valence-corrected chi connectivity index (χ2v) is 8.24. The highest BCUT2D eigenvalue weighted by Crippen LogP contribution is 2.29. The SMILES string of the molecule is COc1ccc(C=CC(=O)Oc2ccc(C=NNC(=O)C(O)(c3ccccc3)c3ccccc3)cc2)cc1. The first kappa shape index (κ1) is 26.1. The van der Waals surface area contributed by atoms with Gasteiger partial charge in [0.1, 0.15) is 11.5 Å². The van der Waals surface area contributed by atoms with E-state index in [0.29, 0.717) is 22.4 Å². The second-order valence-electron chi connectivity index (χ2n) is 8.24. The fourth-order valence-corrected chi connectivity index (χ4v) is 3.69. The number of hydrazone groups is 1. The summed E-state index contributed by atoms with van der Waals surface area (Å²) in [7, 11) is 1.59. The Balaban J connectivity index is 1.37. The van der Waals surface area contributed by atoms with E-state index in [9.17, 15) is 14.7 Å². The lowest BCUT2D eigenvalue weighted by Crippen LogP contribution is -2.43. The maximum absolute atomic E-state index is 13.1. The fourth-order valence-electron chi connectivity index (χ4n) is 3.69. The smallest absolute Gasteiger partial charge is 0.336 e. The van der Waals surface area contributed by atoms with Gasteiger partial charge in [-0.25, -0.2) is 10.2 Å². The number of methoxy groups -OCH3 is 1. The number of hydrogen-bond donors (Lipinski definition) is 2. The molecule has 2 N–H and O–H groups in total. The number of amides is 1. The average molecular weight is 507 g/mol. The van der Waals surface area contributed by atoms with Gasteiger partial charge in [-0.2, -0.15) is 5.10 Å². The number of aliphatic hydroxyl groups is 1. The zero-order chi connectivity index (χ0) is 26.8. The molecule has 0 unspecified atom stereocenters. The van der Waals surface area contributed by atoms with Crippen molar-refractivity contribution in [3.05, 3.63) is 138 Å². The molecule has 0 saturated carbocycles. The maximum atomic E-state index is 13.1. The van der Waals surface area contributed by atoms with Crippen LogP contribution in [0.15, 0.2) is 120 Å². The van der Waals surface area contributed by atoms with Gasteiger partial charge < -0.3 is 14.6 Å². The Morgan fingerprint density at radius 2 is 1.29 bits per heavy atom. The molecule has 190 valence electrons. The Bertz CT molecular complexity index is 1380. The number of rotatable bonds is 9. The summed E-state index contributed by atoms with van der Waals surface area (Å²) in [5.74, 6) is -0.120. The van der Waals surface area contributed by atoms with E-state index in [4.69, 9.17) is 9.47 Å². The van der Waals surface area contributed by atoms with Crippen molar-refractivity contribution in [2.45, 2.75) is 5.60 Å². The fraction of sp³-hybridized carbons (Fsp3) is 0.0645. The minimum absolute atomic E-state index is 0.359. The van der Waals surface area contributed by atoms with Crippen LogP contribution in [0.25, 0.3) is 6.08 Å². The first-order valence-electron chi connectivity index (χ1n) is 11.8. The lowest BCUT2D eigenvalue weighted by Gasteiger charge is -2.27. The normalized spacial score (nSPS) is 11.4. The molecule has 0 heterocycles. The number of esters is 1. The van der Waals surface area contributed by atoms with Crippen LogP contribution in [0.5, 0.6) is 11.5 Å². The minimum Gasteiger partial charge on any atom is -0.497 e. The predicted molar refractivity (Wildman–Crippen MR) is 146 cm³/mol. The first-order valence-corrected chi connectivity index (χ1v) is 11.8. The second kappa shape index (κ2) is 12.3. The van der Waals surface area contributed by atoms with Crippen molar-refractivity contribution in [2.24, 2.45) is 5.10 Å². The van der Waals surface area contributed by atoms with E-state index in [1.54, 1.807) is 98.1 Å². The van der Waals surface area contributed by atoms with E-state index in [1.807, 2.05) is 24.3 Å². The van der Waals surface area contributed by atoms with Crippen LogP contribution in [0.3, 0.4) is 0 Å². The summed E-state index contributed by atoms with van der Waals surface area (Å²) in [6, 6.07) is 31.2. The van der Waals surface area contributed by atoms with Crippen molar-refractivity contribution in [3.8, 4) is 11.5 Å². The van der Waals surface area contributed by atoms with Gasteiger partial charge in [0.05, 0.1) is 13.3 Å². The van der Waals surface area contributed by atoms with Gasteiger partial charge in [0.2, 0.25) is 0 Å². The van der Waals surface area contributed by atoms with Crippen LogP contribution in [0.1, 0.15) is 22.3 Å². The standard InChI is InChI=1S/C31H26N2O5/c1-37-27-17-12-23(13-18-27)16-21-29(34)38-28-19-14-24(15-20-28)22-32-33-30(35)31(36,25-8-4-2-5-9-25)26-10-6-3-7-11-26/h2-22,36H,1H3,(H,33,35). The molecule has 0 aromatic heterocycles. The highest BCUT2D eigenvalue weighted by molar-refractivity contribution is 5.91. The highest BCUT2D eigenvalue weighted by atomic mass is 16.5. The van der Waals surface area contributed by atoms with E-state index in [1.165, 1.54) is 12.3 Å². The number of hydrogen-bond acceptors (Lipinski definition) is 6. The summed E-state index contributed by atoms with van der Waals surface area (Å²) in [5.41, 5.74) is 2.85. The lowest BCUT2D eigenvalue weighted by atomic mass is 9.85. The number of nitrogens with one attached hydrogen (secondary N) is 1. The monoisotopic (exact) mass is 506 g/mol. The van der Waals surface area contributed by atoms with Crippen LogP contribution in [0.4, 0.5) is 0 Å². The van der Waals surface area contributed by atoms with E-state index in [-0.39, 0.29) is 0 Å². The molecule has 4 rings (SSSR count). The molecule has 0 spiro atoms. The van der Waals surface area contributed by atoms with Gasteiger partial charge in [-0.05, 0) is 64.7 Å². The van der Waals surface area contributed by atoms with Crippen molar-refractivity contribution >= 4 is 24.2 Å². The molecule has 0 bridgehead atoms. The van der Waals surface area contributed by atoms with E-state index in [0.717, 1.165) is 11.3 Å².